The molecule has 4 heteroatoms. The number of hydrogen-bond donors (Lipinski definition) is 0. The van der Waals surface area contributed by atoms with Crippen LogP contribution in [0.25, 0.3) is 11.3 Å². The van der Waals surface area contributed by atoms with Crippen LogP contribution in [0.3, 0.4) is 0 Å². The van der Waals surface area contributed by atoms with Crippen LogP contribution < -0.4 is 0 Å². The normalized spacial score (nSPS) is 10.1. The molecule has 0 fully saturated rings. The highest BCUT2D eigenvalue weighted by Gasteiger charge is 2.04. The molecule has 0 saturated heterocycles. The molecule has 1 aromatic carbocycles. The van der Waals surface area contributed by atoms with E-state index in [1.807, 2.05) is 5.38 Å². The summed E-state index contributed by atoms with van der Waals surface area (Å²) in [7, 11) is 0. The number of nitrogens with zero attached hydrogens (tertiary/aromatic N) is 2. The quantitative estimate of drug-likeness (QED) is 0.769. The Morgan fingerprint density at radius 3 is 2.76 bits per heavy atom. The third kappa shape index (κ3) is 3.11. The molecule has 0 bridgehead atoms. The maximum absolute atomic E-state index is 12.8. The molecule has 0 atom stereocenters. The molecule has 0 unspecified atom stereocenters. The minimum Gasteiger partial charge on any atom is -0.241 e. The van der Waals surface area contributed by atoms with Crippen LogP contribution in [0.2, 0.25) is 0 Å². The molecule has 0 aliphatic carbocycles. The molecular weight excluding hydrogens is 235 g/mol. The van der Waals surface area contributed by atoms with Gasteiger partial charge in [-0.25, -0.2) is 9.37 Å². The number of aromatic nitrogens is 1. The van der Waals surface area contributed by atoms with Gasteiger partial charge in [-0.2, -0.15) is 5.26 Å². The summed E-state index contributed by atoms with van der Waals surface area (Å²) in [6.45, 7) is 0. The first-order valence-corrected chi connectivity index (χ1v) is 6.25. The fraction of sp³-hybridized carbons (Fsp3) is 0.231. The number of thiazole rings is 1. The van der Waals surface area contributed by atoms with Crippen molar-refractivity contribution in [2.75, 3.05) is 0 Å². The smallest absolute Gasteiger partial charge is 0.123 e. The van der Waals surface area contributed by atoms with Crippen molar-refractivity contribution in [1.29, 1.82) is 5.26 Å². The van der Waals surface area contributed by atoms with Crippen molar-refractivity contribution in [2.45, 2.75) is 19.3 Å². The second-order valence-electron chi connectivity index (χ2n) is 3.65. The Morgan fingerprint density at radius 1 is 1.29 bits per heavy atom. The first-order valence-electron chi connectivity index (χ1n) is 5.37. The average molecular weight is 246 g/mol. The van der Waals surface area contributed by atoms with Gasteiger partial charge in [-0.15, -0.1) is 11.3 Å². The Kier molecular flexibility index (Phi) is 3.84. The molecule has 0 saturated carbocycles. The predicted molar refractivity (Wildman–Crippen MR) is 66.1 cm³/mol. The first kappa shape index (κ1) is 11.7. The third-order valence-corrected chi connectivity index (χ3v) is 3.28. The Labute approximate surface area is 103 Å². The van der Waals surface area contributed by atoms with Crippen molar-refractivity contribution in [3.63, 3.8) is 0 Å². The molecule has 0 amide bonds. The number of halogens is 1. The first-order chi connectivity index (χ1) is 8.29. The van der Waals surface area contributed by atoms with E-state index in [0.717, 1.165) is 29.1 Å². The van der Waals surface area contributed by atoms with Crippen LogP contribution in [-0.4, -0.2) is 4.98 Å². The van der Waals surface area contributed by atoms with Gasteiger partial charge in [0.05, 0.1) is 16.8 Å². The molecule has 2 aromatic rings. The summed E-state index contributed by atoms with van der Waals surface area (Å²) in [5.41, 5.74) is 1.80. The molecule has 2 rings (SSSR count). The number of unbranched alkanes of at least 4 members (excludes halogenated alkanes) is 1. The van der Waals surface area contributed by atoms with Gasteiger partial charge >= 0.3 is 0 Å². The SMILES string of the molecule is N#CCCCc1nc(-c2ccc(F)cc2)cs1. The van der Waals surface area contributed by atoms with Gasteiger partial charge in [0.1, 0.15) is 5.82 Å². The molecule has 0 spiro atoms. The van der Waals surface area contributed by atoms with E-state index in [9.17, 15) is 4.39 Å². The number of rotatable bonds is 4. The summed E-state index contributed by atoms with van der Waals surface area (Å²) in [4.78, 5) is 4.47. The van der Waals surface area contributed by atoms with Crippen molar-refractivity contribution < 1.29 is 4.39 Å². The zero-order chi connectivity index (χ0) is 12.1. The number of nitriles is 1. The van der Waals surface area contributed by atoms with E-state index in [1.165, 1.54) is 12.1 Å². The summed E-state index contributed by atoms with van der Waals surface area (Å²) in [6.07, 6.45) is 2.23. The Bertz CT molecular complexity index is 525. The summed E-state index contributed by atoms with van der Waals surface area (Å²) < 4.78 is 12.8. The van der Waals surface area contributed by atoms with E-state index in [2.05, 4.69) is 11.1 Å². The van der Waals surface area contributed by atoms with Crippen LogP contribution in [0.15, 0.2) is 29.6 Å². The molecule has 0 aliphatic heterocycles. The van der Waals surface area contributed by atoms with Gasteiger partial charge in [0.15, 0.2) is 0 Å². The van der Waals surface area contributed by atoms with Crippen LogP contribution in [0, 0.1) is 17.1 Å². The fourth-order valence-corrected chi connectivity index (χ4v) is 2.35. The molecular formula is C13H11FN2S. The highest BCUT2D eigenvalue weighted by molar-refractivity contribution is 7.09. The van der Waals surface area contributed by atoms with Crippen molar-refractivity contribution >= 4 is 11.3 Å². The minimum absolute atomic E-state index is 0.238. The lowest BCUT2D eigenvalue weighted by Gasteiger charge is -1.95. The molecule has 0 radical (unpaired) electrons. The maximum atomic E-state index is 12.8. The Balaban J connectivity index is 2.08. The highest BCUT2D eigenvalue weighted by Crippen LogP contribution is 2.22. The van der Waals surface area contributed by atoms with E-state index in [0.29, 0.717) is 6.42 Å². The largest absolute Gasteiger partial charge is 0.241 e. The Morgan fingerprint density at radius 2 is 2.06 bits per heavy atom. The van der Waals surface area contributed by atoms with Gasteiger partial charge in [-0.1, -0.05) is 0 Å². The van der Waals surface area contributed by atoms with Crippen LogP contribution >= 0.6 is 11.3 Å². The predicted octanol–water partition coefficient (Wildman–Crippen LogP) is 3.80. The molecule has 0 N–H and O–H groups in total. The van der Waals surface area contributed by atoms with Gasteiger partial charge in [-0.3, -0.25) is 0 Å². The number of benzene rings is 1. The maximum Gasteiger partial charge on any atom is 0.123 e. The van der Waals surface area contributed by atoms with E-state index in [-0.39, 0.29) is 5.82 Å². The van der Waals surface area contributed by atoms with Gasteiger partial charge < -0.3 is 0 Å². The third-order valence-electron chi connectivity index (χ3n) is 2.37. The summed E-state index contributed by atoms with van der Waals surface area (Å²) in [6, 6.07) is 8.44. The average Bonchev–Trinajstić information content (AvgIpc) is 2.79. The zero-order valence-electron chi connectivity index (χ0n) is 9.19. The number of aryl methyl sites for hydroxylation is 1. The minimum atomic E-state index is -0.238. The van der Waals surface area contributed by atoms with E-state index < -0.39 is 0 Å². The molecule has 1 heterocycles. The van der Waals surface area contributed by atoms with Gasteiger partial charge in [-0.05, 0) is 30.7 Å². The second kappa shape index (κ2) is 5.55. The van der Waals surface area contributed by atoms with Crippen molar-refractivity contribution in [2.24, 2.45) is 0 Å². The molecule has 0 aliphatic rings. The van der Waals surface area contributed by atoms with Crippen LogP contribution in [0.1, 0.15) is 17.8 Å². The van der Waals surface area contributed by atoms with Gasteiger partial charge in [0.25, 0.3) is 0 Å². The number of hydrogen-bond acceptors (Lipinski definition) is 3. The van der Waals surface area contributed by atoms with Crippen LogP contribution in [-0.2, 0) is 6.42 Å². The highest BCUT2D eigenvalue weighted by atomic mass is 32.1. The summed E-state index contributed by atoms with van der Waals surface area (Å²) in [5, 5.41) is 11.4. The monoisotopic (exact) mass is 246 g/mol. The van der Waals surface area contributed by atoms with E-state index in [1.54, 1.807) is 23.5 Å². The molecule has 86 valence electrons. The van der Waals surface area contributed by atoms with Crippen molar-refractivity contribution in [3.8, 4) is 17.3 Å². The standard InChI is InChI=1S/C13H11FN2S/c14-11-6-4-10(5-7-11)12-9-17-13(16-12)3-1-2-8-15/h4-7,9H,1-3H2. The Hall–Kier alpha value is -1.73. The van der Waals surface area contributed by atoms with Crippen molar-refractivity contribution in [1.82, 2.24) is 4.98 Å². The van der Waals surface area contributed by atoms with Crippen molar-refractivity contribution in [3.05, 3.63) is 40.5 Å². The lowest BCUT2D eigenvalue weighted by molar-refractivity contribution is 0.628. The van der Waals surface area contributed by atoms with Gasteiger partial charge in [0.2, 0.25) is 0 Å². The van der Waals surface area contributed by atoms with Crippen LogP contribution in [0.4, 0.5) is 4.39 Å². The van der Waals surface area contributed by atoms with Gasteiger partial charge in [0, 0.05) is 23.8 Å². The topological polar surface area (TPSA) is 36.7 Å². The second-order valence-corrected chi connectivity index (χ2v) is 4.59. The zero-order valence-corrected chi connectivity index (χ0v) is 10.0. The van der Waals surface area contributed by atoms with E-state index in [4.69, 9.17) is 5.26 Å². The molecule has 1 aromatic heterocycles. The summed E-state index contributed by atoms with van der Waals surface area (Å²) >= 11 is 1.58. The van der Waals surface area contributed by atoms with Crippen LogP contribution in [0.5, 0.6) is 0 Å². The lowest BCUT2D eigenvalue weighted by Crippen LogP contribution is -1.84. The molecule has 2 nitrogen and oxygen atoms in total. The molecule has 17 heavy (non-hydrogen) atoms. The summed E-state index contributed by atoms with van der Waals surface area (Å²) in [5.74, 6) is -0.238. The van der Waals surface area contributed by atoms with E-state index >= 15 is 0 Å². The fourth-order valence-electron chi connectivity index (χ4n) is 1.50. The lowest BCUT2D eigenvalue weighted by atomic mass is 10.2.